The molecule has 2 atom stereocenters. The summed E-state index contributed by atoms with van der Waals surface area (Å²) in [6, 6.07) is 0.319. The fourth-order valence-electron chi connectivity index (χ4n) is 4.14. The number of ether oxygens (including phenoxy) is 1. The first-order valence-corrected chi connectivity index (χ1v) is 9.56. The molecule has 9 nitrogen and oxygen atoms in total. The van der Waals surface area contributed by atoms with Gasteiger partial charge in [0, 0.05) is 39.7 Å². The Hall–Kier alpha value is -2.00. The van der Waals surface area contributed by atoms with Gasteiger partial charge in [0.1, 0.15) is 6.61 Å². The minimum atomic E-state index is -0.142. The molecule has 3 rings (SSSR count). The van der Waals surface area contributed by atoms with Crippen LogP contribution in [0.25, 0.3) is 0 Å². The van der Waals surface area contributed by atoms with E-state index >= 15 is 0 Å². The topological polar surface area (TPSA) is 101 Å². The van der Waals surface area contributed by atoms with Crippen LogP contribution in [0.2, 0.25) is 0 Å². The van der Waals surface area contributed by atoms with Crippen molar-refractivity contribution in [3.8, 4) is 0 Å². The lowest BCUT2D eigenvalue weighted by Gasteiger charge is -2.44. The van der Waals surface area contributed by atoms with E-state index < -0.39 is 0 Å². The monoisotopic (exact) mass is 379 g/mol. The molecule has 1 aromatic heterocycles. The van der Waals surface area contributed by atoms with Gasteiger partial charge in [-0.15, -0.1) is 0 Å². The zero-order valence-corrected chi connectivity index (χ0v) is 16.3. The normalized spacial score (nSPS) is 24.8. The Labute approximate surface area is 159 Å². The van der Waals surface area contributed by atoms with Crippen LogP contribution in [-0.4, -0.2) is 83.7 Å². The number of carbonyl (C=O) groups is 2. The summed E-state index contributed by atoms with van der Waals surface area (Å²) in [5.74, 6) is 1.19. The molecule has 0 spiro atoms. The SMILES string of the molecule is COCC(=O)N[C@@H]1CN(C2CCN(C(C)=O)CC2)CC[C@@H]1c1nc(C)no1. The Bertz CT molecular complexity index is 656. The molecule has 150 valence electrons. The summed E-state index contributed by atoms with van der Waals surface area (Å²) < 4.78 is 10.3. The van der Waals surface area contributed by atoms with Crippen molar-refractivity contribution in [3.63, 3.8) is 0 Å². The third-order valence-electron chi connectivity index (χ3n) is 5.55. The molecular formula is C18H29N5O4. The Kier molecular flexibility index (Phi) is 6.43. The number of amides is 2. The van der Waals surface area contributed by atoms with Gasteiger partial charge in [-0.3, -0.25) is 14.5 Å². The maximum absolute atomic E-state index is 12.1. The van der Waals surface area contributed by atoms with E-state index in [0.29, 0.717) is 17.8 Å². The van der Waals surface area contributed by atoms with Gasteiger partial charge in [0.15, 0.2) is 5.82 Å². The highest BCUT2D eigenvalue weighted by Gasteiger charge is 2.38. The lowest BCUT2D eigenvalue weighted by molar-refractivity contribution is -0.131. The standard InChI is InChI=1S/C18H29N5O4/c1-12-19-18(27-21-12)15-6-9-23(10-16(15)20-17(25)11-26-3)14-4-7-22(8-5-14)13(2)24/h14-16H,4-11H2,1-3H3,(H,20,25)/t15-,16+/m0/s1. The smallest absolute Gasteiger partial charge is 0.246 e. The van der Waals surface area contributed by atoms with Gasteiger partial charge < -0.3 is 19.5 Å². The molecule has 1 aromatic rings. The summed E-state index contributed by atoms with van der Waals surface area (Å²) >= 11 is 0. The number of aryl methyl sites for hydroxylation is 1. The molecule has 9 heteroatoms. The molecule has 0 radical (unpaired) electrons. The van der Waals surface area contributed by atoms with Gasteiger partial charge >= 0.3 is 0 Å². The van der Waals surface area contributed by atoms with Crippen LogP contribution in [-0.2, 0) is 14.3 Å². The minimum Gasteiger partial charge on any atom is -0.375 e. The fraction of sp³-hybridized carbons (Fsp3) is 0.778. The van der Waals surface area contributed by atoms with Crippen LogP contribution in [0.1, 0.15) is 43.8 Å². The first-order chi connectivity index (χ1) is 13.0. The number of aromatic nitrogens is 2. The van der Waals surface area contributed by atoms with E-state index in [-0.39, 0.29) is 30.4 Å². The molecule has 2 saturated heterocycles. The largest absolute Gasteiger partial charge is 0.375 e. The van der Waals surface area contributed by atoms with Gasteiger partial charge in [-0.05, 0) is 32.7 Å². The van der Waals surface area contributed by atoms with Gasteiger partial charge in [0.2, 0.25) is 17.7 Å². The van der Waals surface area contributed by atoms with E-state index in [9.17, 15) is 9.59 Å². The number of rotatable bonds is 5. The number of methoxy groups -OCH3 is 1. The summed E-state index contributed by atoms with van der Waals surface area (Å²) in [5, 5.41) is 6.98. The number of hydrogen-bond acceptors (Lipinski definition) is 7. The third-order valence-corrected chi connectivity index (χ3v) is 5.55. The van der Waals surface area contributed by atoms with Crippen molar-refractivity contribution in [3.05, 3.63) is 11.7 Å². The molecule has 3 heterocycles. The number of nitrogens with zero attached hydrogens (tertiary/aromatic N) is 4. The maximum atomic E-state index is 12.1. The molecule has 27 heavy (non-hydrogen) atoms. The summed E-state index contributed by atoms with van der Waals surface area (Å²) in [6.45, 7) is 6.68. The second-order valence-corrected chi connectivity index (χ2v) is 7.41. The number of likely N-dealkylation sites (tertiary alicyclic amines) is 2. The predicted molar refractivity (Wildman–Crippen MR) is 97.0 cm³/mol. The van der Waals surface area contributed by atoms with Crippen molar-refractivity contribution in [1.29, 1.82) is 0 Å². The average Bonchev–Trinajstić information content (AvgIpc) is 3.08. The first kappa shape index (κ1) is 19.8. The molecule has 2 aliphatic rings. The van der Waals surface area contributed by atoms with Gasteiger partial charge in [0.05, 0.1) is 12.0 Å². The van der Waals surface area contributed by atoms with E-state index in [0.717, 1.165) is 45.4 Å². The molecule has 2 amide bonds. The van der Waals surface area contributed by atoms with E-state index in [1.165, 1.54) is 7.11 Å². The molecule has 0 bridgehead atoms. The predicted octanol–water partition coefficient (Wildman–Crippen LogP) is 0.309. The van der Waals surface area contributed by atoms with Crippen molar-refractivity contribution in [2.45, 2.75) is 51.1 Å². The Balaban J connectivity index is 1.66. The van der Waals surface area contributed by atoms with E-state index in [1.807, 2.05) is 4.90 Å². The highest BCUT2D eigenvalue weighted by Crippen LogP contribution is 2.30. The second-order valence-electron chi connectivity index (χ2n) is 7.41. The molecule has 2 fully saturated rings. The van der Waals surface area contributed by atoms with E-state index in [2.05, 4.69) is 20.4 Å². The van der Waals surface area contributed by atoms with E-state index in [1.54, 1.807) is 13.8 Å². The molecule has 0 aliphatic carbocycles. The zero-order chi connectivity index (χ0) is 19.4. The van der Waals surface area contributed by atoms with Crippen LogP contribution in [0.3, 0.4) is 0 Å². The number of carbonyl (C=O) groups excluding carboxylic acids is 2. The molecular weight excluding hydrogens is 350 g/mol. The summed E-state index contributed by atoms with van der Waals surface area (Å²) in [4.78, 5) is 32.4. The van der Waals surface area contributed by atoms with Crippen LogP contribution in [0.15, 0.2) is 4.52 Å². The molecule has 0 aromatic carbocycles. The lowest BCUT2D eigenvalue weighted by Crippen LogP contribution is -2.56. The second kappa shape index (κ2) is 8.79. The van der Waals surface area contributed by atoms with Crippen LogP contribution >= 0.6 is 0 Å². The highest BCUT2D eigenvalue weighted by atomic mass is 16.5. The van der Waals surface area contributed by atoms with Crippen molar-refractivity contribution >= 4 is 11.8 Å². The number of piperidine rings is 2. The minimum absolute atomic E-state index is 0.000523. The summed E-state index contributed by atoms with van der Waals surface area (Å²) in [7, 11) is 1.51. The van der Waals surface area contributed by atoms with Crippen molar-refractivity contribution in [2.24, 2.45) is 0 Å². The zero-order valence-electron chi connectivity index (χ0n) is 16.3. The van der Waals surface area contributed by atoms with Gasteiger partial charge in [0.25, 0.3) is 0 Å². The van der Waals surface area contributed by atoms with Crippen LogP contribution < -0.4 is 5.32 Å². The third kappa shape index (κ3) is 4.84. The van der Waals surface area contributed by atoms with Gasteiger partial charge in [-0.1, -0.05) is 5.16 Å². The van der Waals surface area contributed by atoms with Crippen LogP contribution in [0.5, 0.6) is 0 Å². The Morgan fingerprint density at radius 1 is 1.26 bits per heavy atom. The summed E-state index contributed by atoms with van der Waals surface area (Å²) in [5.41, 5.74) is 0. The fourth-order valence-corrected chi connectivity index (χ4v) is 4.14. The lowest BCUT2D eigenvalue weighted by atomic mass is 9.89. The molecule has 2 aliphatic heterocycles. The van der Waals surface area contributed by atoms with Gasteiger partial charge in [-0.25, -0.2) is 0 Å². The molecule has 0 saturated carbocycles. The van der Waals surface area contributed by atoms with Crippen LogP contribution in [0.4, 0.5) is 0 Å². The summed E-state index contributed by atoms with van der Waals surface area (Å²) in [6.07, 6.45) is 2.76. The quantitative estimate of drug-likeness (QED) is 0.786. The maximum Gasteiger partial charge on any atom is 0.246 e. The Morgan fingerprint density at radius 2 is 2.00 bits per heavy atom. The first-order valence-electron chi connectivity index (χ1n) is 9.56. The molecule has 0 unspecified atom stereocenters. The Morgan fingerprint density at radius 3 is 2.59 bits per heavy atom. The number of hydrogen-bond donors (Lipinski definition) is 1. The highest BCUT2D eigenvalue weighted by molar-refractivity contribution is 5.77. The van der Waals surface area contributed by atoms with Crippen molar-refractivity contribution in [1.82, 2.24) is 25.3 Å². The van der Waals surface area contributed by atoms with Gasteiger partial charge in [-0.2, -0.15) is 4.98 Å². The van der Waals surface area contributed by atoms with Crippen LogP contribution in [0, 0.1) is 6.92 Å². The van der Waals surface area contributed by atoms with Crippen molar-refractivity contribution in [2.75, 3.05) is 39.9 Å². The van der Waals surface area contributed by atoms with E-state index in [4.69, 9.17) is 9.26 Å². The number of nitrogens with one attached hydrogen (secondary N) is 1. The molecule has 1 N–H and O–H groups in total. The van der Waals surface area contributed by atoms with Crippen molar-refractivity contribution < 1.29 is 18.8 Å². The average molecular weight is 379 g/mol.